The summed E-state index contributed by atoms with van der Waals surface area (Å²) in [6, 6.07) is 0.0117. The van der Waals surface area contributed by atoms with Crippen molar-refractivity contribution in [1.82, 2.24) is 14.1 Å². The minimum Gasteiger partial charge on any atom is -0.345 e. The Morgan fingerprint density at radius 1 is 1.19 bits per heavy atom. The first-order valence-corrected chi connectivity index (χ1v) is 10.0. The number of sulfonamides is 1. The third-order valence-corrected chi connectivity index (χ3v) is 7.16. The number of hydrogen-bond acceptors (Lipinski definition) is 6. The van der Waals surface area contributed by atoms with Gasteiger partial charge in [0.25, 0.3) is 0 Å². The first-order valence-electron chi connectivity index (χ1n) is 7.71. The van der Waals surface area contributed by atoms with Crippen molar-refractivity contribution in [2.24, 2.45) is 0 Å². The van der Waals surface area contributed by atoms with Gasteiger partial charge in [0, 0.05) is 36.6 Å². The van der Waals surface area contributed by atoms with E-state index in [-0.39, 0.29) is 11.3 Å². The maximum absolute atomic E-state index is 12.1. The van der Waals surface area contributed by atoms with E-state index >= 15 is 0 Å². The fraction of sp³-hybridized carbons (Fsp3) is 0.846. The molecule has 2 saturated carbocycles. The molecule has 1 aromatic heterocycles. The monoisotopic (exact) mass is 328 g/mol. The lowest BCUT2D eigenvalue weighted by Crippen LogP contribution is -2.48. The lowest BCUT2D eigenvalue weighted by Gasteiger charge is -2.32. The molecule has 1 N–H and O–H groups in total. The van der Waals surface area contributed by atoms with Crippen LogP contribution in [0.5, 0.6) is 0 Å². The zero-order chi connectivity index (χ0) is 14.4. The molecule has 1 unspecified atom stereocenters. The van der Waals surface area contributed by atoms with Crippen molar-refractivity contribution >= 4 is 26.7 Å². The number of nitrogens with zero attached hydrogens (tertiary/aromatic N) is 3. The summed E-state index contributed by atoms with van der Waals surface area (Å²) in [6.07, 6.45) is 5.95. The predicted octanol–water partition coefficient (Wildman–Crippen LogP) is 1.47. The van der Waals surface area contributed by atoms with Gasteiger partial charge in [0.2, 0.25) is 15.2 Å². The van der Waals surface area contributed by atoms with Crippen LogP contribution in [0.4, 0.5) is 5.13 Å². The SMILES string of the molecule is O=S(=O)(NC1CCCN(c2nc(C3CC3)ns2)C1)C1CC1. The molecule has 4 rings (SSSR count). The fourth-order valence-corrected chi connectivity index (χ4v) is 5.20. The average molecular weight is 328 g/mol. The Balaban J connectivity index is 1.41. The standard InChI is InChI=1S/C13H20N4O2S2/c18-21(19,11-5-6-11)16-10-2-1-7-17(8-10)13-14-12(15-20-13)9-3-4-9/h9-11,16H,1-8H2. The Morgan fingerprint density at radius 3 is 2.71 bits per heavy atom. The normalized spacial score (nSPS) is 27.0. The molecule has 0 radical (unpaired) electrons. The van der Waals surface area contributed by atoms with Gasteiger partial charge in [0.1, 0.15) is 5.82 Å². The Hall–Kier alpha value is -0.730. The van der Waals surface area contributed by atoms with Gasteiger partial charge in [-0.25, -0.2) is 18.1 Å². The third-order valence-electron chi connectivity index (χ3n) is 4.36. The summed E-state index contributed by atoms with van der Waals surface area (Å²) >= 11 is 1.45. The molecular formula is C13H20N4O2S2. The van der Waals surface area contributed by atoms with Crippen molar-refractivity contribution in [3.8, 4) is 0 Å². The summed E-state index contributed by atoms with van der Waals surface area (Å²) in [6.45, 7) is 1.66. The molecule has 1 aromatic rings. The average Bonchev–Trinajstić information content (AvgIpc) is 3.36. The van der Waals surface area contributed by atoms with E-state index < -0.39 is 10.0 Å². The highest BCUT2D eigenvalue weighted by Crippen LogP contribution is 2.40. The molecule has 0 spiro atoms. The van der Waals surface area contributed by atoms with E-state index in [1.807, 2.05) is 0 Å². The molecule has 3 aliphatic rings. The molecular weight excluding hydrogens is 308 g/mol. The van der Waals surface area contributed by atoms with Crippen LogP contribution in [0.25, 0.3) is 0 Å². The summed E-state index contributed by atoms with van der Waals surface area (Å²) in [5, 5.41) is 0.808. The molecule has 1 atom stereocenters. The van der Waals surface area contributed by atoms with Crippen LogP contribution in [0.15, 0.2) is 0 Å². The third kappa shape index (κ3) is 3.07. The molecule has 0 amide bonds. The molecule has 116 valence electrons. The van der Waals surface area contributed by atoms with E-state index in [1.165, 1.54) is 24.4 Å². The minimum atomic E-state index is -3.10. The van der Waals surface area contributed by atoms with Crippen LogP contribution in [0.1, 0.15) is 50.3 Å². The largest absolute Gasteiger partial charge is 0.345 e. The van der Waals surface area contributed by atoms with E-state index in [0.717, 1.165) is 43.2 Å². The molecule has 21 heavy (non-hydrogen) atoms. The summed E-state index contributed by atoms with van der Waals surface area (Å²) < 4.78 is 31.4. The molecule has 3 fully saturated rings. The van der Waals surface area contributed by atoms with Crippen LogP contribution in [0.3, 0.4) is 0 Å². The van der Waals surface area contributed by atoms with Crippen molar-refractivity contribution in [2.75, 3.05) is 18.0 Å². The highest BCUT2D eigenvalue weighted by atomic mass is 32.2. The lowest BCUT2D eigenvalue weighted by molar-refractivity contribution is 0.465. The van der Waals surface area contributed by atoms with Crippen LogP contribution >= 0.6 is 11.5 Å². The van der Waals surface area contributed by atoms with Crippen molar-refractivity contribution in [1.29, 1.82) is 0 Å². The fourth-order valence-electron chi connectivity index (χ4n) is 2.82. The highest BCUT2D eigenvalue weighted by Gasteiger charge is 2.38. The van der Waals surface area contributed by atoms with E-state index in [0.29, 0.717) is 12.5 Å². The zero-order valence-electron chi connectivity index (χ0n) is 11.9. The molecule has 2 heterocycles. The van der Waals surface area contributed by atoms with E-state index in [4.69, 9.17) is 0 Å². The van der Waals surface area contributed by atoms with Crippen molar-refractivity contribution in [3.63, 3.8) is 0 Å². The predicted molar refractivity (Wildman–Crippen MR) is 82.2 cm³/mol. The van der Waals surface area contributed by atoms with Gasteiger partial charge < -0.3 is 4.90 Å². The molecule has 1 saturated heterocycles. The molecule has 2 aliphatic carbocycles. The maximum Gasteiger partial charge on any atom is 0.214 e. The molecule has 8 heteroatoms. The second-order valence-electron chi connectivity index (χ2n) is 6.36. The van der Waals surface area contributed by atoms with Gasteiger partial charge >= 0.3 is 0 Å². The Morgan fingerprint density at radius 2 is 2.00 bits per heavy atom. The van der Waals surface area contributed by atoms with Crippen molar-refractivity contribution in [3.05, 3.63) is 5.82 Å². The quantitative estimate of drug-likeness (QED) is 0.886. The van der Waals surface area contributed by atoms with Gasteiger partial charge in [-0.15, -0.1) is 0 Å². The Kier molecular flexibility index (Phi) is 3.42. The number of rotatable bonds is 5. The maximum atomic E-state index is 12.1. The van der Waals surface area contributed by atoms with Gasteiger partial charge in [0.15, 0.2) is 0 Å². The van der Waals surface area contributed by atoms with Gasteiger partial charge in [-0.05, 0) is 38.5 Å². The topological polar surface area (TPSA) is 75.2 Å². The summed E-state index contributed by atoms with van der Waals surface area (Å²) in [4.78, 5) is 6.82. The van der Waals surface area contributed by atoms with Crippen LogP contribution in [-0.4, -0.2) is 42.2 Å². The second-order valence-corrected chi connectivity index (χ2v) is 9.08. The number of anilines is 1. The Bertz CT molecular complexity index is 622. The number of piperidine rings is 1. The number of nitrogens with one attached hydrogen (secondary N) is 1. The van der Waals surface area contributed by atoms with E-state index in [2.05, 4.69) is 19.0 Å². The minimum absolute atomic E-state index is 0.0117. The second kappa shape index (κ2) is 5.17. The smallest absolute Gasteiger partial charge is 0.214 e. The molecule has 1 aliphatic heterocycles. The summed E-state index contributed by atoms with van der Waals surface area (Å²) in [5.41, 5.74) is 0. The van der Waals surface area contributed by atoms with Crippen molar-refractivity contribution in [2.45, 2.75) is 55.7 Å². The van der Waals surface area contributed by atoms with Gasteiger partial charge in [-0.2, -0.15) is 4.37 Å². The van der Waals surface area contributed by atoms with Crippen LogP contribution < -0.4 is 9.62 Å². The van der Waals surface area contributed by atoms with Crippen LogP contribution in [0, 0.1) is 0 Å². The summed E-state index contributed by atoms with van der Waals surface area (Å²) in [5.74, 6) is 1.56. The van der Waals surface area contributed by atoms with Crippen molar-refractivity contribution < 1.29 is 8.42 Å². The number of aromatic nitrogens is 2. The van der Waals surface area contributed by atoms with Gasteiger partial charge in [-0.1, -0.05) is 0 Å². The first kappa shape index (κ1) is 13.9. The first-order chi connectivity index (χ1) is 10.1. The van der Waals surface area contributed by atoms with Gasteiger partial charge in [0.05, 0.1) is 5.25 Å². The highest BCUT2D eigenvalue weighted by molar-refractivity contribution is 7.90. The van der Waals surface area contributed by atoms with Crippen LogP contribution in [0.2, 0.25) is 0 Å². The number of hydrogen-bond donors (Lipinski definition) is 1. The molecule has 0 aromatic carbocycles. The Labute approximate surface area is 129 Å². The van der Waals surface area contributed by atoms with Crippen LogP contribution in [-0.2, 0) is 10.0 Å². The summed E-state index contributed by atoms with van der Waals surface area (Å²) in [7, 11) is -3.10. The van der Waals surface area contributed by atoms with E-state index in [9.17, 15) is 8.42 Å². The van der Waals surface area contributed by atoms with E-state index in [1.54, 1.807) is 0 Å². The zero-order valence-corrected chi connectivity index (χ0v) is 13.5. The lowest BCUT2D eigenvalue weighted by atomic mass is 10.1. The molecule has 0 bridgehead atoms. The molecule has 6 nitrogen and oxygen atoms in total. The van der Waals surface area contributed by atoms with Gasteiger partial charge in [-0.3, -0.25) is 0 Å².